The lowest BCUT2D eigenvalue weighted by atomic mass is 10.3. The van der Waals surface area contributed by atoms with Gasteiger partial charge in [0.15, 0.2) is 5.82 Å². The molecule has 4 N–H and O–H groups in total. The number of methoxy groups -OCH3 is 1. The summed E-state index contributed by atoms with van der Waals surface area (Å²) in [5.74, 6) is 2.19. The van der Waals surface area contributed by atoms with Crippen molar-refractivity contribution in [2.75, 3.05) is 12.4 Å². The van der Waals surface area contributed by atoms with Gasteiger partial charge in [-0.05, 0) is 12.1 Å². The zero-order valence-corrected chi connectivity index (χ0v) is 9.60. The molecule has 2 rings (SSSR count). The number of hydrogen-bond donors (Lipinski definition) is 3. The molecule has 6 heteroatoms. The highest BCUT2D eigenvalue weighted by Crippen LogP contribution is 2.16. The largest absolute Gasteiger partial charge is 0.497 e. The minimum atomic E-state index is 0.343. The Balaban J connectivity index is 1.96. The minimum Gasteiger partial charge on any atom is -0.497 e. The number of hydrogen-bond acceptors (Lipinski definition) is 5. The average Bonchev–Trinajstić information content (AvgIpc) is 2.84. The second kappa shape index (κ2) is 5.31. The second-order valence-electron chi connectivity index (χ2n) is 3.49. The molecule has 0 aliphatic rings. The van der Waals surface area contributed by atoms with Crippen molar-refractivity contribution in [3.05, 3.63) is 35.9 Å². The Hall–Kier alpha value is -2.08. The predicted molar refractivity (Wildman–Crippen MR) is 64.6 cm³/mol. The average molecular weight is 233 g/mol. The number of H-pyrrole nitrogens is 1. The highest BCUT2D eigenvalue weighted by molar-refractivity contribution is 5.48. The van der Waals surface area contributed by atoms with E-state index < -0.39 is 0 Å². The molecular formula is C11H15N5O. The third-order valence-corrected chi connectivity index (χ3v) is 2.29. The lowest BCUT2D eigenvalue weighted by Crippen LogP contribution is -2.02. The van der Waals surface area contributed by atoms with Crippen LogP contribution in [0.2, 0.25) is 0 Å². The van der Waals surface area contributed by atoms with Crippen LogP contribution in [0.4, 0.5) is 5.69 Å². The monoisotopic (exact) mass is 233 g/mol. The van der Waals surface area contributed by atoms with E-state index in [-0.39, 0.29) is 0 Å². The maximum atomic E-state index is 5.43. The van der Waals surface area contributed by atoms with E-state index in [4.69, 9.17) is 10.5 Å². The molecule has 1 aromatic heterocycles. The number of ether oxygens (including phenoxy) is 1. The molecule has 1 aromatic carbocycles. The molecule has 17 heavy (non-hydrogen) atoms. The Morgan fingerprint density at radius 2 is 2.35 bits per heavy atom. The first kappa shape index (κ1) is 11.4. The highest BCUT2D eigenvalue weighted by atomic mass is 16.5. The molecule has 90 valence electrons. The van der Waals surface area contributed by atoms with Gasteiger partial charge in [0.2, 0.25) is 0 Å². The van der Waals surface area contributed by atoms with E-state index in [2.05, 4.69) is 20.5 Å². The SMILES string of the molecule is COc1cccc(NCc2nc(CN)n[nH]2)c1. The summed E-state index contributed by atoms with van der Waals surface area (Å²) < 4.78 is 5.14. The van der Waals surface area contributed by atoms with Crippen molar-refractivity contribution < 1.29 is 4.74 Å². The molecule has 0 saturated carbocycles. The van der Waals surface area contributed by atoms with Crippen LogP contribution in [-0.4, -0.2) is 22.3 Å². The lowest BCUT2D eigenvalue weighted by Gasteiger charge is -2.05. The van der Waals surface area contributed by atoms with E-state index >= 15 is 0 Å². The highest BCUT2D eigenvalue weighted by Gasteiger charge is 2.01. The number of rotatable bonds is 5. The van der Waals surface area contributed by atoms with Crippen molar-refractivity contribution in [3.8, 4) is 5.75 Å². The van der Waals surface area contributed by atoms with Crippen molar-refractivity contribution in [1.82, 2.24) is 15.2 Å². The number of nitrogens with two attached hydrogens (primary N) is 1. The van der Waals surface area contributed by atoms with Crippen molar-refractivity contribution in [2.45, 2.75) is 13.1 Å². The van der Waals surface area contributed by atoms with Crippen LogP contribution in [0.5, 0.6) is 5.75 Å². The number of nitrogens with zero attached hydrogens (tertiary/aromatic N) is 2. The van der Waals surface area contributed by atoms with Crippen molar-refractivity contribution in [2.24, 2.45) is 5.73 Å². The van der Waals surface area contributed by atoms with E-state index in [0.717, 1.165) is 17.3 Å². The van der Waals surface area contributed by atoms with Gasteiger partial charge >= 0.3 is 0 Å². The van der Waals surface area contributed by atoms with Gasteiger partial charge < -0.3 is 15.8 Å². The standard InChI is InChI=1S/C11H15N5O/c1-17-9-4-2-3-8(5-9)13-7-11-14-10(6-12)15-16-11/h2-5,13H,6-7,12H2,1H3,(H,14,15,16). The second-order valence-corrected chi connectivity index (χ2v) is 3.49. The Kier molecular flexibility index (Phi) is 3.56. The Morgan fingerprint density at radius 3 is 3.06 bits per heavy atom. The summed E-state index contributed by atoms with van der Waals surface area (Å²) in [6.45, 7) is 0.913. The Bertz CT molecular complexity index is 482. The topological polar surface area (TPSA) is 88.8 Å². The smallest absolute Gasteiger partial charge is 0.164 e. The van der Waals surface area contributed by atoms with Gasteiger partial charge in [-0.3, -0.25) is 5.10 Å². The molecule has 0 saturated heterocycles. The normalized spacial score (nSPS) is 10.2. The number of nitrogens with one attached hydrogen (secondary N) is 2. The van der Waals surface area contributed by atoms with Gasteiger partial charge in [0.05, 0.1) is 20.2 Å². The van der Waals surface area contributed by atoms with E-state index in [1.807, 2.05) is 24.3 Å². The molecule has 1 heterocycles. The van der Waals surface area contributed by atoms with Gasteiger partial charge in [0.25, 0.3) is 0 Å². The summed E-state index contributed by atoms with van der Waals surface area (Å²) in [6.07, 6.45) is 0. The van der Waals surface area contributed by atoms with Gasteiger partial charge in [-0.25, -0.2) is 4.98 Å². The van der Waals surface area contributed by atoms with Crippen LogP contribution in [0.1, 0.15) is 11.6 Å². The number of anilines is 1. The summed E-state index contributed by atoms with van der Waals surface area (Å²) in [4.78, 5) is 4.20. The number of aromatic nitrogens is 3. The molecule has 2 aromatic rings. The Morgan fingerprint density at radius 1 is 1.47 bits per heavy atom. The van der Waals surface area contributed by atoms with Crippen LogP contribution in [-0.2, 0) is 13.1 Å². The Labute approximate surface area is 99.2 Å². The fourth-order valence-electron chi connectivity index (χ4n) is 1.42. The third-order valence-electron chi connectivity index (χ3n) is 2.29. The van der Waals surface area contributed by atoms with Crippen molar-refractivity contribution >= 4 is 5.69 Å². The molecule has 0 aliphatic carbocycles. The fourth-order valence-corrected chi connectivity index (χ4v) is 1.42. The molecule has 6 nitrogen and oxygen atoms in total. The lowest BCUT2D eigenvalue weighted by molar-refractivity contribution is 0.415. The maximum Gasteiger partial charge on any atom is 0.164 e. The van der Waals surface area contributed by atoms with E-state index in [1.165, 1.54) is 0 Å². The molecule has 0 amide bonds. The van der Waals surface area contributed by atoms with Gasteiger partial charge in [-0.1, -0.05) is 6.07 Å². The third kappa shape index (κ3) is 2.94. The predicted octanol–water partition coefficient (Wildman–Crippen LogP) is 0.884. The first-order valence-corrected chi connectivity index (χ1v) is 5.30. The summed E-state index contributed by atoms with van der Waals surface area (Å²) >= 11 is 0. The maximum absolute atomic E-state index is 5.43. The number of benzene rings is 1. The van der Waals surface area contributed by atoms with Crippen molar-refractivity contribution in [3.63, 3.8) is 0 Å². The van der Waals surface area contributed by atoms with E-state index in [0.29, 0.717) is 18.9 Å². The fraction of sp³-hybridized carbons (Fsp3) is 0.273. The molecule has 0 bridgehead atoms. The van der Waals surface area contributed by atoms with Gasteiger partial charge in [-0.2, -0.15) is 5.10 Å². The first-order valence-electron chi connectivity index (χ1n) is 5.30. The molecular weight excluding hydrogens is 218 g/mol. The summed E-state index contributed by atoms with van der Waals surface area (Å²) in [7, 11) is 1.64. The van der Waals surface area contributed by atoms with E-state index in [1.54, 1.807) is 7.11 Å². The first-order chi connectivity index (χ1) is 8.31. The van der Waals surface area contributed by atoms with Crippen LogP contribution in [0.15, 0.2) is 24.3 Å². The van der Waals surface area contributed by atoms with Crippen molar-refractivity contribution in [1.29, 1.82) is 0 Å². The molecule has 0 radical (unpaired) electrons. The van der Waals surface area contributed by atoms with Gasteiger partial charge in [0, 0.05) is 11.8 Å². The van der Waals surface area contributed by atoms with Crippen LogP contribution >= 0.6 is 0 Å². The molecule has 0 aliphatic heterocycles. The zero-order valence-electron chi connectivity index (χ0n) is 9.60. The number of aromatic amines is 1. The van der Waals surface area contributed by atoms with E-state index in [9.17, 15) is 0 Å². The van der Waals surface area contributed by atoms with Crippen LogP contribution in [0, 0.1) is 0 Å². The van der Waals surface area contributed by atoms with Crippen LogP contribution < -0.4 is 15.8 Å². The van der Waals surface area contributed by atoms with Gasteiger partial charge in [-0.15, -0.1) is 0 Å². The molecule has 0 unspecified atom stereocenters. The zero-order chi connectivity index (χ0) is 12.1. The van der Waals surface area contributed by atoms with Crippen LogP contribution in [0.25, 0.3) is 0 Å². The minimum absolute atomic E-state index is 0.343. The van der Waals surface area contributed by atoms with Gasteiger partial charge in [0.1, 0.15) is 11.6 Å². The molecule has 0 fully saturated rings. The molecule has 0 atom stereocenters. The summed E-state index contributed by atoms with van der Waals surface area (Å²) in [5.41, 5.74) is 6.39. The summed E-state index contributed by atoms with van der Waals surface area (Å²) in [6, 6.07) is 7.70. The van der Waals surface area contributed by atoms with Crippen LogP contribution in [0.3, 0.4) is 0 Å². The quantitative estimate of drug-likeness (QED) is 0.713. The summed E-state index contributed by atoms with van der Waals surface area (Å²) in [5, 5.41) is 9.99. The molecule has 0 spiro atoms.